The molecule has 17 heavy (non-hydrogen) atoms. The van der Waals surface area contributed by atoms with E-state index in [0.717, 1.165) is 23.7 Å². The molecule has 7 heteroatoms. The molecule has 0 saturated heterocycles. The second-order valence-corrected chi connectivity index (χ2v) is 5.35. The Bertz CT molecular complexity index is 566. The minimum absolute atomic E-state index is 0.311. The van der Waals surface area contributed by atoms with Crippen LogP contribution in [0, 0.1) is 5.82 Å². The standard InChI is InChI=1S/C10H8ClFO4S/c11-4-1-5-17(15,16)9-3-2-7(10(13)14)6-8(9)12/h1-4,6H,5H2,(H,13,14). The van der Waals surface area contributed by atoms with Crippen molar-refractivity contribution in [3.63, 3.8) is 0 Å². The average molecular weight is 279 g/mol. The van der Waals surface area contributed by atoms with Crippen LogP contribution < -0.4 is 0 Å². The summed E-state index contributed by atoms with van der Waals surface area (Å²) in [5.74, 6) is -2.86. The molecule has 0 saturated carbocycles. The predicted octanol–water partition coefficient (Wildman–Crippen LogP) is 2.05. The molecule has 1 aromatic carbocycles. The predicted molar refractivity (Wildman–Crippen MR) is 60.4 cm³/mol. The zero-order valence-electron chi connectivity index (χ0n) is 8.43. The van der Waals surface area contributed by atoms with Crippen molar-refractivity contribution in [3.8, 4) is 0 Å². The number of rotatable bonds is 4. The van der Waals surface area contributed by atoms with Gasteiger partial charge in [-0.25, -0.2) is 17.6 Å². The summed E-state index contributed by atoms with van der Waals surface area (Å²) in [6.07, 6.45) is 1.15. The molecule has 1 aromatic rings. The van der Waals surface area contributed by atoms with Crippen LogP contribution in [0.25, 0.3) is 0 Å². The highest BCUT2D eigenvalue weighted by Gasteiger charge is 2.19. The van der Waals surface area contributed by atoms with Crippen LogP contribution in [0.15, 0.2) is 34.7 Å². The van der Waals surface area contributed by atoms with Gasteiger partial charge in [0, 0.05) is 5.54 Å². The lowest BCUT2D eigenvalue weighted by Crippen LogP contribution is -2.08. The molecule has 0 heterocycles. The fourth-order valence-corrected chi connectivity index (χ4v) is 2.49. The second-order valence-electron chi connectivity index (χ2n) is 3.09. The summed E-state index contributed by atoms with van der Waals surface area (Å²) < 4.78 is 36.6. The van der Waals surface area contributed by atoms with E-state index in [1.807, 2.05) is 0 Å². The van der Waals surface area contributed by atoms with Gasteiger partial charge < -0.3 is 5.11 Å². The van der Waals surface area contributed by atoms with Crippen LogP contribution >= 0.6 is 11.6 Å². The fourth-order valence-electron chi connectivity index (χ4n) is 1.14. The molecule has 4 nitrogen and oxygen atoms in total. The fraction of sp³-hybridized carbons (Fsp3) is 0.100. The third-order valence-electron chi connectivity index (χ3n) is 1.92. The Balaban J connectivity index is 3.21. The molecule has 0 spiro atoms. The zero-order chi connectivity index (χ0) is 13.1. The van der Waals surface area contributed by atoms with Crippen LogP contribution in [0.2, 0.25) is 0 Å². The first-order valence-corrected chi connectivity index (χ1v) is 6.48. The molecule has 0 fully saturated rings. The first kappa shape index (κ1) is 13.7. The van der Waals surface area contributed by atoms with Crippen molar-refractivity contribution in [1.82, 2.24) is 0 Å². The Labute approximate surface area is 102 Å². The Morgan fingerprint density at radius 1 is 1.47 bits per heavy atom. The molecule has 92 valence electrons. The topological polar surface area (TPSA) is 71.4 Å². The van der Waals surface area contributed by atoms with E-state index in [1.165, 1.54) is 0 Å². The van der Waals surface area contributed by atoms with E-state index in [-0.39, 0.29) is 5.56 Å². The van der Waals surface area contributed by atoms with Gasteiger partial charge >= 0.3 is 5.97 Å². The van der Waals surface area contributed by atoms with Crippen molar-refractivity contribution in [2.75, 3.05) is 5.75 Å². The van der Waals surface area contributed by atoms with Gasteiger partial charge in [0.15, 0.2) is 9.84 Å². The van der Waals surface area contributed by atoms with Crippen LogP contribution in [0.5, 0.6) is 0 Å². The van der Waals surface area contributed by atoms with Gasteiger partial charge in [0.25, 0.3) is 0 Å². The summed E-state index contributed by atoms with van der Waals surface area (Å²) >= 11 is 5.19. The number of carboxylic acids is 1. The highest BCUT2D eigenvalue weighted by Crippen LogP contribution is 2.18. The molecule has 0 unspecified atom stereocenters. The molecule has 0 atom stereocenters. The number of carboxylic acid groups (broad SMARTS) is 1. The number of carbonyl (C=O) groups is 1. The summed E-state index contributed by atoms with van der Waals surface area (Å²) in [5.41, 5.74) is 0.704. The third kappa shape index (κ3) is 3.28. The van der Waals surface area contributed by atoms with Gasteiger partial charge in [-0.2, -0.15) is 0 Å². The maximum Gasteiger partial charge on any atom is 0.335 e. The zero-order valence-corrected chi connectivity index (χ0v) is 10.0. The number of halogens is 2. The van der Waals surface area contributed by atoms with E-state index in [2.05, 4.69) is 0 Å². The molecule has 0 aromatic heterocycles. The maximum absolute atomic E-state index is 13.4. The van der Waals surface area contributed by atoms with Gasteiger partial charge in [0.2, 0.25) is 0 Å². The van der Waals surface area contributed by atoms with Crippen molar-refractivity contribution < 1.29 is 22.7 Å². The normalized spacial score (nSPS) is 11.9. The van der Waals surface area contributed by atoms with E-state index in [4.69, 9.17) is 16.7 Å². The number of hydrogen-bond donors (Lipinski definition) is 1. The third-order valence-corrected chi connectivity index (χ3v) is 3.73. The van der Waals surface area contributed by atoms with Gasteiger partial charge in [-0.3, -0.25) is 0 Å². The van der Waals surface area contributed by atoms with E-state index in [9.17, 15) is 17.6 Å². The van der Waals surface area contributed by atoms with Crippen LogP contribution in [0.3, 0.4) is 0 Å². The molecule has 0 aliphatic heterocycles. The highest BCUT2D eigenvalue weighted by molar-refractivity contribution is 7.91. The van der Waals surface area contributed by atoms with Gasteiger partial charge in [-0.1, -0.05) is 17.7 Å². The molecular weight excluding hydrogens is 271 g/mol. The molecule has 0 amide bonds. The van der Waals surface area contributed by atoms with Crippen LogP contribution in [-0.2, 0) is 9.84 Å². The minimum Gasteiger partial charge on any atom is -0.478 e. The van der Waals surface area contributed by atoms with Gasteiger partial charge in [0.05, 0.1) is 11.3 Å². The van der Waals surface area contributed by atoms with Crippen molar-refractivity contribution >= 4 is 27.4 Å². The Hall–Kier alpha value is -1.40. The number of benzene rings is 1. The largest absolute Gasteiger partial charge is 0.478 e. The molecule has 1 rings (SSSR count). The van der Waals surface area contributed by atoms with Gasteiger partial charge in [0.1, 0.15) is 10.7 Å². The molecule has 0 aliphatic carbocycles. The first-order valence-electron chi connectivity index (χ1n) is 4.39. The lowest BCUT2D eigenvalue weighted by Gasteiger charge is -2.03. The Morgan fingerprint density at radius 3 is 2.59 bits per heavy atom. The lowest BCUT2D eigenvalue weighted by atomic mass is 10.2. The summed E-state index contributed by atoms with van der Waals surface area (Å²) in [5, 5.41) is 8.60. The lowest BCUT2D eigenvalue weighted by molar-refractivity contribution is 0.0696. The Kier molecular flexibility index (Phi) is 4.25. The quantitative estimate of drug-likeness (QED) is 0.915. The number of aromatic carboxylic acids is 1. The van der Waals surface area contributed by atoms with E-state index < -0.39 is 32.3 Å². The minimum atomic E-state index is -3.83. The van der Waals surface area contributed by atoms with Crippen LogP contribution in [-0.4, -0.2) is 25.2 Å². The van der Waals surface area contributed by atoms with Gasteiger partial charge in [-0.05, 0) is 18.2 Å². The Morgan fingerprint density at radius 2 is 2.12 bits per heavy atom. The average Bonchev–Trinajstić information content (AvgIpc) is 2.25. The molecule has 0 aliphatic rings. The number of hydrogen-bond acceptors (Lipinski definition) is 3. The van der Waals surface area contributed by atoms with Crippen LogP contribution in [0.1, 0.15) is 10.4 Å². The number of sulfone groups is 1. The van der Waals surface area contributed by atoms with Crippen molar-refractivity contribution in [1.29, 1.82) is 0 Å². The molecule has 0 radical (unpaired) electrons. The smallest absolute Gasteiger partial charge is 0.335 e. The molecule has 1 N–H and O–H groups in total. The molecule has 0 bridgehead atoms. The van der Waals surface area contributed by atoms with E-state index >= 15 is 0 Å². The first-order chi connectivity index (χ1) is 7.88. The second kappa shape index (κ2) is 5.29. The molecular formula is C10H8ClFO4S. The summed E-state index contributed by atoms with van der Waals surface area (Å²) in [6.45, 7) is 0. The highest BCUT2D eigenvalue weighted by atomic mass is 35.5. The SMILES string of the molecule is O=C(O)c1ccc(S(=O)(=O)CC=CCl)c(F)c1. The van der Waals surface area contributed by atoms with Crippen molar-refractivity contribution in [2.24, 2.45) is 0 Å². The van der Waals surface area contributed by atoms with Gasteiger partial charge in [-0.15, -0.1) is 0 Å². The van der Waals surface area contributed by atoms with Crippen LogP contribution in [0.4, 0.5) is 4.39 Å². The van der Waals surface area contributed by atoms with E-state index in [1.54, 1.807) is 0 Å². The van der Waals surface area contributed by atoms with Crippen molar-refractivity contribution in [3.05, 3.63) is 41.2 Å². The summed E-state index contributed by atoms with van der Waals surface area (Å²) in [4.78, 5) is 10.00. The maximum atomic E-state index is 13.4. The summed E-state index contributed by atoms with van der Waals surface area (Å²) in [6, 6.07) is 2.62. The van der Waals surface area contributed by atoms with Crippen molar-refractivity contribution in [2.45, 2.75) is 4.90 Å². The monoisotopic (exact) mass is 278 g/mol. The van der Waals surface area contributed by atoms with E-state index in [0.29, 0.717) is 6.07 Å². The summed E-state index contributed by atoms with van der Waals surface area (Å²) in [7, 11) is -3.83.